The van der Waals surface area contributed by atoms with E-state index in [1.165, 1.54) is 16.2 Å². The third-order valence-electron chi connectivity index (χ3n) is 3.33. The average molecular weight is 329 g/mol. The molecule has 5 nitrogen and oxygen atoms in total. The third kappa shape index (κ3) is 3.53. The van der Waals surface area contributed by atoms with Crippen molar-refractivity contribution in [1.29, 1.82) is 0 Å². The Hall–Kier alpha value is -2.34. The van der Waals surface area contributed by atoms with Gasteiger partial charge in [0, 0.05) is 18.1 Å². The van der Waals surface area contributed by atoms with Gasteiger partial charge in [0.15, 0.2) is 11.5 Å². The van der Waals surface area contributed by atoms with Crippen LogP contribution in [0.3, 0.4) is 0 Å². The number of nitrogens with zero attached hydrogens (tertiary/aromatic N) is 2. The van der Waals surface area contributed by atoms with Crippen LogP contribution in [-0.2, 0) is 13.5 Å². The lowest BCUT2D eigenvalue weighted by Gasteiger charge is -2.02. The SMILES string of the molecule is CC(C)Cc1ccc(C(=O)Nc2cn(C)nc2-c2ccco2)s1. The van der Waals surface area contributed by atoms with Gasteiger partial charge in [0.2, 0.25) is 0 Å². The molecule has 1 amide bonds. The summed E-state index contributed by atoms with van der Waals surface area (Å²) in [5, 5.41) is 7.29. The summed E-state index contributed by atoms with van der Waals surface area (Å²) >= 11 is 1.54. The van der Waals surface area contributed by atoms with E-state index in [4.69, 9.17) is 4.42 Å². The Bertz CT molecular complexity index is 800. The van der Waals surface area contributed by atoms with Gasteiger partial charge in [0.1, 0.15) is 0 Å². The summed E-state index contributed by atoms with van der Waals surface area (Å²) in [6.07, 6.45) is 4.36. The Morgan fingerprint density at radius 3 is 2.91 bits per heavy atom. The van der Waals surface area contributed by atoms with Gasteiger partial charge >= 0.3 is 0 Å². The van der Waals surface area contributed by atoms with E-state index >= 15 is 0 Å². The lowest BCUT2D eigenvalue weighted by Crippen LogP contribution is -2.10. The summed E-state index contributed by atoms with van der Waals surface area (Å²) in [7, 11) is 1.81. The lowest BCUT2D eigenvalue weighted by atomic mass is 10.1. The minimum atomic E-state index is -0.120. The number of aryl methyl sites for hydroxylation is 1. The molecular weight excluding hydrogens is 310 g/mol. The molecule has 120 valence electrons. The lowest BCUT2D eigenvalue weighted by molar-refractivity contribution is 0.103. The van der Waals surface area contributed by atoms with Crippen molar-refractivity contribution in [3.05, 3.63) is 46.5 Å². The van der Waals surface area contributed by atoms with Gasteiger partial charge in [-0.05, 0) is 36.6 Å². The maximum atomic E-state index is 12.5. The van der Waals surface area contributed by atoms with Gasteiger partial charge in [-0.2, -0.15) is 5.10 Å². The van der Waals surface area contributed by atoms with Gasteiger partial charge in [-0.15, -0.1) is 11.3 Å². The van der Waals surface area contributed by atoms with E-state index < -0.39 is 0 Å². The first-order valence-corrected chi connectivity index (χ1v) is 8.32. The summed E-state index contributed by atoms with van der Waals surface area (Å²) < 4.78 is 7.04. The van der Waals surface area contributed by atoms with Crippen molar-refractivity contribution in [2.24, 2.45) is 13.0 Å². The van der Waals surface area contributed by atoms with E-state index in [1.54, 1.807) is 23.2 Å². The number of carbonyl (C=O) groups excluding carboxylic acids is 1. The smallest absolute Gasteiger partial charge is 0.265 e. The standard InChI is InChI=1S/C17H19N3O2S/c1-11(2)9-12-6-7-15(23-12)17(21)18-13-10-20(3)19-16(13)14-5-4-8-22-14/h4-8,10-11H,9H2,1-3H3,(H,18,21). The molecular formula is C17H19N3O2S. The molecule has 0 saturated carbocycles. The van der Waals surface area contributed by atoms with Gasteiger partial charge < -0.3 is 9.73 Å². The number of hydrogen-bond acceptors (Lipinski definition) is 4. The van der Waals surface area contributed by atoms with Crippen molar-refractivity contribution >= 4 is 22.9 Å². The van der Waals surface area contributed by atoms with Crippen LogP contribution in [0, 0.1) is 5.92 Å². The highest BCUT2D eigenvalue weighted by Gasteiger charge is 2.17. The third-order valence-corrected chi connectivity index (χ3v) is 4.43. The second-order valence-corrected chi connectivity index (χ2v) is 7.03. The number of hydrogen-bond donors (Lipinski definition) is 1. The molecule has 0 aromatic carbocycles. The van der Waals surface area contributed by atoms with Crippen LogP contribution in [0.15, 0.2) is 41.1 Å². The Balaban J connectivity index is 1.79. The molecule has 0 aliphatic heterocycles. The van der Waals surface area contributed by atoms with Gasteiger partial charge in [-0.3, -0.25) is 9.48 Å². The van der Waals surface area contributed by atoms with Gasteiger partial charge in [0.25, 0.3) is 5.91 Å². The topological polar surface area (TPSA) is 60.1 Å². The molecule has 1 N–H and O–H groups in total. The predicted octanol–water partition coefficient (Wildman–Crippen LogP) is 4.19. The molecule has 3 heterocycles. The normalized spacial score (nSPS) is 11.1. The summed E-state index contributed by atoms with van der Waals surface area (Å²) in [5.74, 6) is 1.09. The van der Waals surface area contributed by atoms with Crippen LogP contribution in [0.1, 0.15) is 28.4 Å². The van der Waals surface area contributed by atoms with Crippen LogP contribution in [0.4, 0.5) is 5.69 Å². The number of thiophene rings is 1. The predicted molar refractivity (Wildman–Crippen MR) is 91.7 cm³/mol. The fourth-order valence-electron chi connectivity index (χ4n) is 2.37. The first-order chi connectivity index (χ1) is 11.0. The van der Waals surface area contributed by atoms with Crippen LogP contribution in [0.5, 0.6) is 0 Å². The monoisotopic (exact) mass is 329 g/mol. The number of amides is 1. The highest BCUT2D eigenvalue weighted by atomic mass is 32.1. The molecule has 0 radical (unpaired) electrons. The molecule has 3 aromatic rings. The van der Waals surface area contributed by atoms with Crippen molar-refractivity contribution in [2.75, 3.05) is 5.32 Å². The second-order valence-electron chi connectivity index (χ2n) is 5.86. The van der Waals surface area contributed by atoms with Gasteiger partial charge in [-0.25, -0.2) is 0 Å². The van der Waals surface area contributed by atoms with Gasteiger partial charge in [-0.1, -0.05) is 13.8 Å². The zero-order valence-corrected chi connectivity index (χ0v) is 14.2. The van der Waals surface area contributed by atoms with Crippen molar-refractivity contribution in [2.45, 2.75) is 20.3 Å². The fraction of sp³-hybridized carbons (Fsp3) is 0.294. The summed E-state index contributed by atoms with van der Waals surface area (Å²) in [4.78, 5) is 14.4. The highest BCUT2D eigenvalue weighted by molar-refractivity contribution is 7.14. The van der Waals surface area contributed by atoms with Crippen LogP contribution in [0.2, 0.25) is 0 Å². The molecule has 0 fully saturated rings. The maximum Gasteiger partial charge on any atom is 0.265 e. The Kier molecular flexibility index (Phi) is 4.34. The van der Waals surface area contributed by atoms with Crippen LogP contribution < -0.4 is 5.32 Å². The largest absolute Gasteiger partial charge is 0.463 e. The van der Waals surface area contributed by atoms with E-state index in [1.807, 2.05) is 25.2 Å². The van der Waals surface area contributed by atoms with Crippen molar-refractivity contribution < 1.29 is 9.21 Å². The molecule has 3 aromatic heterocycles. The van der Waals surface area contributed by atoms with Crippen LogP contribution in [-0.4, -0.2) is 15.7 Å². The van der Waals surface area contributed by atoms with Crippen molar-refractivity contribution in [3.8, 4) is 11.5 Å². The molecule has 0 unspecified atom stereocenters. The summed E-state index contributed by atoms with van der Waals surface area (Å²) in [6, 6.07) is 7.52. The highest BCUT2D eigenvalue weighted by Crippen LogP contribution is 2.28. The number of aromatic nitrogens is 2. The fourth-order valence-corrected chi connectivity index (χ4v) is 3.49. The number of carbonyl (C=O) groups is 1. The summed E-state index contributed by atoms with van der Waals surface area (Å²) in [6.45, 7) is 4.34. The molecule has 0 atom stereocenters. The Labute approximate surface area is 138 Å². The summed E-state index contributed by atoms with van der Waals surface area (Å²) in [5.41, 5.74) is 1.27. The molecule has 0 aliphatic rings. The van der Waals surface area contributed by atoms with Crippen LogP contribution in [0.25, 0.3) is 11.5 Å². The van der Waals surface area contributed by atoms with E-state index in [-0.39, 0.29) is 5.91 Å². The van der Waals surface area contributed by atoms with Crippen LogP contribution >= 0.6 is 11.3 Å². The van der Waals surface area contributed by atoms with E-state index in [0.717, 1.165) is 6.42 Å². The van der Waals surface area contributed by atoms with E-state index in [2.05, 4.69) is 24.3 Å². The van der Waals surface area contributed by atoms with Crippen molar-refractivity contribution in [1.82, 2.24) is 9.78 Å². The number of nitrogens with one attached hydrogen (secondary N) is 1. The number of furan rings is 1. The first kappa shape index (κ1) is 15.6. The molecule has 0 spiro atoms. The molecule has 0 saturated heterocycles. The first-order valence-electron chi connectivity index (χ1n) is 7.50. The zero-order chi connectivity index (χ0) is 16.4. The number of rotatable bonds is 5. The Morgan fingerprint density at radius 1 is 1.39 bits per heavy atom. The number of anilines is 1. The van der Waals surface area contributed by atoms with E-state index in [0.29, 0.717) is 27.9 Å². The maximum absolute atomic E-state index is 12.5. The molecule has 23 heavy (non-hydrogen) atoms. The second kappa shape index (κ2) is 6.42. The van der Waals surface area contributed by atoms with E-state index in [9.17, 15) is 4.79 Å². The molecule has 0 bridgehead atoms. The zero-order valence-electron chi connectivity index (χ0n) is 13.4. The average Bonchev–Trinajstić information content (AvgIpc) is 3.18. The minimum absolute atomic E-state index is 0.120. The van der Waals surface area contributed by atoms with Crippen molar-refractivity contribution in [3.63, 3.8) is 0 Å². The van der Waals surface area contributed by atoms with Gasteiger partial charge in [0.05, 0.1) is 16.8 Å². The Morgan fingerprint density at radius 2 is 2.22 bits per heavy atom. The quantitative estimate of drug-likeness (QED) is 0.763. The molecule has 3 rings (SSSR count). The molecule has 0 aliphatic carbocycles. The minimum Gasteiger partial charge on any atom is -0.463 e. The molecule has 6 heteroatoms.